The fourth-order valence-electron chi connectivity index (χ4n) is 5.24. The monoisotopic (exact) mass is 581 g/mol. The first kappa shape index (κ1) is 29.2. The molecule has 218 valence electrons. The number of aliphatic hydroxyl groups is 3. The third-order valence-corrected chi connectivity index (χ3v) is 9.24. The highest BCUT2D eigenvalue weighted by Crippen LogP contribution is 2.29. The van der Waals surface area contributed by atoms with Crippen LogP contribution >= 0.6 is 0 Å². The van der Waals surface area contributed by atoms with Crippen molar-refractivity contribution in [2.45, 2.75) is 24.4 Å². The van der Waals surface area contributed by atoms with Gasteiger partial charge in [0.25, 0.3) is 10.0 Å². The second-order valence-corrected chi connectivity index (χ2v) is 12.4. The van der Waals surface area contributed by atoms with Crippen molar-refractivity contribution in [3.63, 3.8) is 0 Å². The summed E-state index contributed by atoms with van der Waals surface area (Å²) in [5.41, 5.74) is 3.53. The number of sulfonamides is 1. The summed E-state index contributed by atoms with van der Waals surface area (Å²) in [7, 11) is -0.306. The van der Waals surface area contributed by atoms with Gasteiger partial charge in [0.1, 0.15) is 24.4 Å². The summed E-state index contributed by atoms with van der Waals surface area (Å²) < 4.78 is 35.1. The number of hydrogen-bond donors (Lipinski definition) is 4. The van der Waals surface area contributed by atoms with Gasteiger partial charge in [0.2, 0.25) is 0 Å². The number of nitrogens with one attached hydrogen (secondary N) is 1. The van der Waals surface area contributed by atoms with Crippen LogP contribution in [0.15, 0.2) is 53.4 Å². The summed E-state index contributed by atoms with van der Waals surface area (Å²) in [6.45, 7) is 3.46. The number of nitrogens with zero attached hydrogens (tertiary/aromatic N) is 4. The molecule has 0 radical (unpaired) electrons. The number of benzene rings is 2. The van der Waals surface area contributed by atoms with Crippen molar-refractivity contribution in [2.75, 3.05) is 51.3 Å². The molecular formula is C29H35N5O6S. The molecule has 2 aliphatic rings. The van der Waals surface area contributed by atoms with Crippen LogP contribution in [-0.2, 0) is 21.8 Å². The molecule has 3 aromatic rings. The van der Waals surface area contributed by atoms with E-state index >= 15 is 0 Å². The Morgan fingerprint density at radius 3 is 2.46 bits per heavy atom. The number of nitriles is 1. The molecule has 2 aliphatic heterocycles. The van der Waals surface area contributed by atoms with E-state index in [0.29, 0.717) is 5.69 Å². The Kier molecular flexibility index (Phi) is 8.49. The van der Waals surface area contributed by atoms with Crippen LogP contribution in [0.3, 0.4) is 0 Å². The lowest BCUT2D eigenvalue weighted by molar-refractivity contribution is -0.184. The molecule has 12 heteroatoms. The van der Waals surface area contributed by atoms with Gasteiger partial charge >= 0.3 is 0 Å². The molecule has 4 N–H and O–H groups in total. The van der Waals surface area contributed by atoms with Gasteiger partial charge in [-0.1, -0.05) is 18.2 Å². The fraction of sp³-hybridized carbons (Fsp3) is 0.414. The van der Waals surface area contributed by atoms with Gasteiger partial charge in [-0.2, -0.15) is 5.26 Å². The SMILES string of the molecule is CN1CCN(c2ccc3cc(-c4ccc(/C=C(\C#N)S(=O)(=O)NCC5OC[C@H](O)[C@@H](O)[C@@H]5O)n4C)ccc3c2)CC1. The van der Waals surface area contributed by atoms with Gasteiger partial charge in [-0.3, -0.25) is 0 Å². The number of allylic oxidation sites excluding steroid dienone is 1. The molecule has 2 fully saturated rings. The molecule has 1 aromatic heterocycles. The van der Waals surface area contributed by atoms with Gasteiger partial charge in [-0.05, 0) is 59.8 Å². The number of fused-ring (bicyclic) bond motifs is 1. The zero-order chi connectivity index (χ0) is 29.3. The molecule has 5 rings (SSSR count). The average molecular weight is 582 g/mol. The van der Waals surface area contributed by atoms with Crippen LogP contribution in [0.25, 0.3) is 28.1 Å². The zero-order valence-electron chi connectivity index (χ0n) is 23.0. The van der Waals surface area contributed by atoms with Gasteiger partial charge in [0.05, 0.1) is 12.7 Å². The topological polar surface area (TPSA) is 151 Å². The van der Waals surface area contributed by atoms with Gasteiger partial charge < -0.3 is 34.4 Å². The molecule has 3 heterocycles. The van der Waals surface area contributed by atoms with Crippen LogP contribution in [0.4, 0.5) is 5.69 Å². The number of rotatable bonds is 7. The molecule has 41 heavy (non-hydrogen) atoms. The zero-order valence-corrected chi connectivity index (χ0v) is 23.8. The normalized spacial score (nSPS) is 24.5. The molecule has 4 atom stereocenters. The van der Waals surface area contributed by atoms with Crippen LogP contribution in [0.5, 0.6) is 0 Å². The standard InChI is InChI=1S/C29H35N5O6S/c1-32-9-11-34(12-10-32)23-6-5-19-13-21(4-3-20(19)14-23)25-8-7-22(33(25)2)15-24(16-30)41(38,39)31-17-27-29(37)28(36)26(35)18-40-27/h3-8,13-15,26-29,31,35-37H,9-12,17-18H2,1-2H3/b24-15+/t26-,27?,28+,29+/m0/s1. The number of likely N-dealkylation sites (N-methyl/N-ethyl adjacent to an activating group) is 1. The quantitative estimate of drug-likeness (QED) is 0.298. The van der Waals surface area contributed by atoms with Gasteiger partial charge in [-0.25, -0.2) is 13.1 Å². The van der Waals surface area contributed by atoms with Crippen molar-refractivity contribution in [1.29, 1.82) is 5.26 Å². The maximum absolute atomic E-state index is 12.9. The fourth-order valence-corrected chi connectivity index (χ4v) is 6.17. The van der Waals surface area contributed by atoms with Crippen LogP contribution < -0.4 is 9.62 Å². The number of aliphatic hydroxyl groups excluding tert-OH is 3. The van der Waals surface area contributed by atoms with E-state index in [1.165, 1.54) is 11.8 Å². The lowest BCUT2D eigenvalue weighted by Crippen LogP contribution is -2.56. The lowest BCUT2D eigenvalue weighted by Gasteiger charge is -2.35. The molecule has 11 nitrogen and oxygen atoms in total. The molecular weight excluding hydrogens is 546 g/mol. The van der Waals surface area contributed by atoms with Crippen molar-refractivity contribution < 1.29 is 28.5 Å². The molecule has 2 aromatic carbocycles. The third-order valence-electron chi connectivity index (χ3n) is 7.91. The van der Waals surface area contributed by atoms with Crippen molar-refractivity contribution in [2.24, 2.45) is 7.05 Å². The molecule has 0 spiro atoms. The van der Waals surface area contributed by atoms with Gasteiger partial charge in [0.15, 0.2) is 4.91 Å². The molecule has 0 aliphatic carbocycles. The molecule has 0 saturated carbocycles. The van der Waals surface area contributed by atoms with E-state index in [-0.39, 0.29) is 13.2 Å². The minimum atomic E-state index is -4.25. The predicted octanol–water partition coefficient (Wildman–Crippen LogP) is 0.862. The second-order valence-electron chi connectivity index (χ2n) is 10.6. The largest absolute Gasteiger partial charge is 0.388 e. The lowest BCUT2D eigenvalue weighted by atomic mass is 10.0. The first-order valence-electron chi connectivity index (χ1n) is 13.5. The van der Waals surface area contributed by atoms with Crippen LogP contribution in [0.2, 0.25) is 0 Å². The minimum Gasteiger partial charge on any atom is -0.388 e. The van der Waals surface area contributed by atoms with Gasteiger partial charge in [-0.15, -0.1) is 0 Å². The van der Waals surface area contributed by atoms with E-state index < -0.39 is 39.3 Å². The Labute approximate surface area is 239 Å². The van der Waals surface area contributed by atoms with Crippen molar-refractivity contribution in [3.05, 3.63) is 59.1 Å². The highest BCUT2D eigenvalue weighted by atomic mass is 32.2. The minimum absolute atomic E-state index is 0.246. The number of aromatic nitrogens is 1. The Balaban J connectivity index is 1.33. The summed E-state index contributed by atoms with van der Waals surface area (Å²) in [4.78, 5) is 4.22. The van der Waals surface area contributed by atoms with Crippen molar-refractivity contribution >= 4 is 32.6 Å². The Morgan fingerprint density at radius 1 is 1.02 bits per heavy atom. The highest BCUT2D eigenvalue weighted by Gasteiger charge is 2.38. The van der Waals surface area contributed by atoms with Crippen molar-refractivity contribution in [3.8, 4) is 17.3 Å². The van der Waals surface area contributed by atoms with Gasteiger partial charge in [0, 0.05) is 56.8 Å². The maximum Gasteiger partial charge on any atom is 0.250 e. The highest BCUT2D eigenvalue weighted by molar-refractivity contribution is 7.93. The van der Waals surface area contributed by atoms with Crippen molar-refractivity contribution in [1.82, 2.24) is 14.2 Å². The van der Waals surface area contributed by atoms with Crippen LogP contribution in [0, 0.1) is 11.3 Å². The second kappa shape index (κ2) is 11.9. The number of hydrogen-bond acceptors (Lipinski definition) is 9. The molecule has 0 amide bonds. The first-order valence-corrected chi connectivity index (χ1v) is 15.0. The number of anilines is 1. The predicted molar refractivity (Wildman–Crippen MR) is 156 cm³/mol. The Hall–Kier alpha value is -3.28. The number of piperazine rings is 1. The molecule has 1 unspecified atom stereocenters. The summed E-state index contributed by atoms with van der Waals surface area (Å²) in [6, 6.07) is 18.0. The van der Waals surface area contributed by atoms with E-state index in [0.717, 1.165) is 48.2 Å². The first-order chi connectivity index (χ1) is 19.6. The third kappa shape index (κ3) is 6.17. The summed E-state index contributed by atoms with van der Waals surface area (Å²) in [5.74, 6) is 0. The van der Waals surface area contributed by atoms with E-state index in [9.17, 15) is 29.0 Å². The number of ether oxygens (including phenoxy) is 1. The smallest absolute Gasteiger partial charge is 0.250 e. The summed E-state index contributed by atoms with van der Waals surface area (Å²) in [5, 5.41) is 41.4. The molecule has 2 saturated heterocycles. The summed E-state index contributed by atoms with van der Waals surface area (Å²) >= 11 is 0. The molecule has 0 bridgehead atoms. The Bertz CT molecular complexity index is 1590. The average Bonchev–Trinajstić information content (AvgIpc) is 3.33. The van der Waals surface area contributed by atoms with E-state index in [4.69, 9.17) is 4.74 Å². The van der Waals surface area contributed by atoms with E-state index in [1.807, 2.05) is 16.7 Å². The van der Waals surface area contributed by atoms with Crippen LogP contribution in [0.1, 0.15) is 5.69 Å². The Morgan fingerprint density at radius 2 is 1.73 bits per heavy atom. The van der Waals surface area contributed by atoms with Crippen LogP contribution in [-0.4, -0.2) is 104 Å². The van der Waals surface area contributed by atoms with E-state index in [1.54, 1.807) is 19.2 Å². The maximum atomic E-state index is 12.9. The summed E-state index contributed by atoms with van der Waals surface area (Å²) in [6.07, 6.45) is -3.99. The van der Waals surface area contributed by atoms with E-state index in [2.05, 4.69) is 51.9 Å².